The SMILES string of the molecule is NC(=O)N1CC(Cc2ccccc2)NC1=O. The maximum Gasteiger partial charge on any atom is 0.325 e. The Morgan fingerprint density at radius 1 is 1.44 bits per heavy atom. The largest absolute Gasteiger partial charge is 0.351 e. The van der Waals surface area contributed by atoms with Gasteiger partial charge < -0.3 is 11.1 Å². The minimum absolute atomic E-state index is 0.0533. The fourth-order valence-electron chi connectivity index (χ4n) is 1.81. The quantitative estimate of drug-likeness (QED) is 0.768. The summed E-state index contributed by atoms with van der Waals surface area (Å²) in [5, 5.41) is 2.72. The number of hydrogen-bond donors (Lipinski definition) is 2. The van der Waals surface area contributed by atoms with E-state index in [9.17, 15) is 9.59 Å². The Morgan fingerprint density at radius 2 is 2.12 bits per heavy atom. The van der Waals surface area contributed by atoms with Gasteiger partial charge in [-0.3, -0.25) is 0 Å². The van der Waals surface area contributed by atoms with Crippen LogP contribution in [0, 0.1) is 0 Å². The van der Waals surface area contributed by atoms with E-state index in [4.69, 9.17) is 5.73 Å². The van der Waals surface area contributed by atoms with Crippen LogP contribution < -0.4 is 11.1 Å². The molecule has 0 spiro atoms. The Balaban J connectivity index is 1.99. The predicted molar refractivity (Wildman–Crippen MR) is 58.8 cm³/mol. The number of primary amides is 1. The van der Waals surface area contributed by atoms with E-state index in [1.54, 1.807) is 0 Å². The van der Waals surface area contributed by atoms with Gasteiger partial charge in [-0.15, -0.1) is 0 Å². The highest BCUT2D eigenvalue weighted by Crippen LogP contribution is 2.09. The summed E-state index contributed by atoms with van der Waals surface area (Å²) in [6, 6.07) is 8.63. The van der Waals surface area contributed by atoms with Crippen LogP contribution in [0.5, 0.6) is 0 Å². The number of hydrogen-bond acceptors (Lipinski definition) is 2. The number of nitrogens with zero attached hydrogens (tertiary/aromatic N) is 1. The zero-order valence-electron chi connectivity index (χ0n) is 8.72. The van der Waals surface area contributed by atoms with Gasteiger partial charge in [0.05, 0.1) is 12.6 Å². The molecule has 0 bridgehead atoms. The van der Waals surface area contributed by atoms with Gasteiger partial charge in [0.1, 0.15) is 0 Å². The fraction of sp³-hybridized carbons (Fsp3) is 0.273. The first kappa shape index (κ1) is 10.5. The minimum atomic E-state index is -0.701. The van der Waals surface area contributed by atoms with Crippen molar-refractivity contribution >= 4 is 12.1 Å². The molecule has 2 rings (SSSR count). The Labute approximate surface area is 93.2 Å². The Morgan fingerprint density at radius 3 is 2.69 bits per heavy atom. The first-order chi connectivity index (χ1) is 7.66. The Hall–Kier alpha value is -2.04. The summed E-state index contributed by atoms with van der Waals surface area (Å²) in [5.74, 6) is 0. The molecule has 4 amide bonds. The molecular formula is C11H13N3O2. The second-order valence-electron chi connectivity index (χ2n) is 3.78. The van der Waals surface area contributed by atoms with Gasteiger partial charge in [-0.1, -0.05) is 30.3 Å². The molecule has 0 aliphatic carbocycles. The topological polar surface area (TPSA) is 75.4 Å². The minimum Gasteiger partial charge on any atom is -0.351 e. The van der Waals surface area contributed by atoms with Gasteiger partial charge >= 0.3 is 12.1 Å². The molecule has 1 fully saturated rings. The molecular weight excluding hydrogens is 206 g/mol. The van der Waals surface area contributed by atoms with Gasteiger partial charge in [0.25, 0.3) is 0 Å². The number of nitrogens with one attached hydrogen (secondary N) is 1. The Kier molecular flexibility index (Phi) is 2.76. The molecule has 0 saturated carbocycles. The van der Waals surface area contributed by atoms with E-state index < -0.39 is 12.1 Å². The smallest absolute Gasteiger partial charge is 0.325 e. The van der Waals surface area contributed by atoms with Crippen LogP contribution in [0.1, 0.15) is 5.56 Å². The molecule has 5 heteroatoms. The zero-order chi connectivity index (χ0) is 11.5. The summed E-state index contributed by atoms with van der Waals surface area (Å²) in [7, 11) is 0. The molecule has 1 aliphatic heterocycles. The van der Waals surface area contributed by atoms with Crippen LogP contribution in [0.25, 0.3) is 0 Å². The third kappa shape index (κ3) is 2.13. The standard InChI is InChI=1S/C11H13N3O2/c12-10(15)14-7-9(13-11(14)16)6-8-4-2-1-3-5-8/h1-5,9H,6-7H2,(H2,12,15)(H,13,16). The van der Waals surface area contributed by atoms with Crippen molar-refractivity contribution in [2.24, 2.45) is 5.73 Å². The maximum atomic E-state index is 11.3. The number of imide groups is 1. The molecule has 16 heavy (non-hydrogen) atoms. The second kappa shape index (κ2) is 4.22. The monoisotopic (exact) mass is 219 g/mol. The lowest BCUT2D eigenvalue weighted by molar-refractivity contribution is 0.205. The third-order valence-electron chi connectivity index (χ3n) is 2.57. The molecule has 1 heterocycles. The Bertz CT molecular complexity index is 405. The lowest BCUT2D eigenvalue weighted by atomic mass is 10.1. The van der Waals surface area contributed by atoms with Gasteiger partial charge in [-0.05, 0) is 12.0 Å². The van der Waals surface area contributed by atoms with Crippen LogP contribution in [0.15, 0.2) is 30.3 Å². The summed E-state index contributed by atoms with van der Waals surface area (Å²) < 4.78 is 0. The number of nitrogens with two attached hydrogens (primary N) is 1. The van der Waals surface area contributed by atoms with Gasteiger partial charge in [-0.25, -0.2) is 14.5 Å². The summed E-state index contributed by atoms with van der Waals surface area (Å²) in [6.45, 7) is 0.336. The number of urea groups is 2. The van der Waals surface area contributed by atoms with Crippen LogP contribution >= 0.6 is 0 Å². The van der Waals surface area contributed by atoms with E-state index in [2.05, 4.69) is 5.32 Å². The van der Waals surface area contributed by atoms with E-state index in [1.165, 1.54) is 0 Å². The van der Waals surface area contributed by atoms with Crippen LogP contribution in [-0.4, -0.2) is 29.5 Å². The average molecular weight is 219 g/mol. The van der Waals surface area contributed by atoms with Crippen LogP contribution in [0.2, 0.25) is 0 Å². The van der Waals surface area contributed by atoms with Gasteiger partial charge in [-0.2, -0.15) is 0 Å². The van der Waals surface area contributed by atoms with E-state index in [0.717, 1.165) is 10.5 Å². The predicted octanol–water partition coefficient (Wildman–Crippen LogP) is 0.702. The molecule has 84 valence electrons. The molecule has 1 aromatic carbocycles. The lowest BCUT2D eigenvalue weighted by Gasteiger charge is -2.09. The van der Waals surface area contributed by atoms with Gasteiger partial charge in [0.15, 0.2) is 0 Å². The van der Waals surface area contributed by atoms with E-state index in [1.807, 2.05) is 30.3 Å². The number of benzene rings is 1. The molecule has 0 radical (unpaired) electrons. The summed E-state index contributed by atoms with van der Waals surface area (Å²) in [6.07, 6.45) is 0.705. The number of carbonyl (C=O) groups is 2. The van der Waals surface area contributed by atoms with Crippen LogP contribution in [-0.2, 0) is 6.42 Å². The molecule has 5 nitrogen and oxygen atoms in total. The van der Waals surface area contributed by atoms with Crippen molar-refractivity contribution in [3.8, 4) is 0 Å². The van der Waals surface area contributed by atoms with Crippen molar-refractivity contribution in [1.82, 2.24) is 10.2 Å². The molecule has 3 N–H and O–H groups in total. The molecule has 0 aromatic heterocycles. The summed E-state index contributed by atoms with van der Waals surface area (Å²) in [4.78, 5) is 23.2. The molecule has 1 aliphatic rings. The van der Waals surface area contributed by atoms with Crippen molar-refractivity contribution in [2.75, 3.05) is 6.54 Å². The first-order valence-electron chi connectivity index (χ1n) is 5.08. The van der Waals surface area contributed by atoms with Crippen LogP contribution in [0.4, 0.5) is 9.59 Å². The first-order valence-corrected chi connectivity index (χ1v) is 5.08. The van der Waals surface area contributed by atoms with Crippen molar-refractivity contribution in [1.29, 1.82) is 0 Å². The zero-order valence-corrected chi connectivity index (χ0v) is 8.72. The molecule has 1 atom stereocenters. The van der Waals surface area contributed by atoms with Crippen molar-refractivity contribution in [3.05, 3.63) is 35.9 Å². The number of rotatable bonds is 2. The highest BCUT2D eigenvalue weighted by molar-refractivity contribution is 5.94. The van der Waals surface area contributed by atoms with Crippen molar-refractivity contribution in [2.45, 2.75) is 12.5 Å². The average Bonchev–Trinajstić information content (AvgIpc) is 2.61. The normalized spacial score (nSPS) is 19.6. The van der Waals surface area contributed by atoms with Gasteiger partial charge in [0.2, 0.25) is 0 Å². The van der Waals surface area contributed by atoms with Crippen molar-refractivity contribution < 1.29 is 9.59 Å². The molecule has 1 saturated heterocycles. The third-order valence-corrected chi connectivity index (χ3v) is 2.57. The summed E-state index contributed by atoms with van der Waals surface area (Å²) in [5.41, 5.74) is 6.19. The molecule has 1 unspecified atom stereocenters. The number of amides is 4. The second-order valence-corrected chi connectivity index (χ2v) is 3.78. The number of carbonyl (C=O) groups excluding carboxylic acids is 2. The summed E-state index contributed by atoms with van der Waals surface area (Å²) >= 11 is 0. The molecule has 1 aromatic rings. The van der Waals surface area contributed by atoms with Crippen molar-refractivity contribution in [3.63, 3.8) is 0 Å². The lowest BCUT2D eigenvalue weighted by Crippen LogP contribution is -2.38. The van der Waals surface area contributed by atoms with E-state index in [-0.39, 0.29) is 6.04 Å². The van der Waals surface area contributed by atoms with E-state index >= 15 is 0 Å². The van der Waals surface area contributed by atoms with Gasteiger partial charge in [0, 0.05) is 0 Å². The highest BCUT2D eigenvalue weighted by atomic mass is 16.2. The maximum absolute atomic E-state index is 11.3. The fourth-order valence-corrected chi connectivity index (χ4v) is 1.81. The van der Waals surface area contributed by atoms with Crippen LogP contribution in [0.3, 0.4) is 0 Å². The highest BCUT2D eigenvalue weighted by Gasteiger charge is 2.31. The van der Waals surface area contributed by atoms with E-state index in [0.29, 0.717) is 13.0 Å².